The molecule has 2 aromatic carbocycles. The Balaban J connectivity index is 1.48. The molecule has 1 fully saturated rings. The minimum absolute atomic E-state index is 0.0326. The van der Waals surface area contributed by atoms with E-state index in [9.17, 15) is 9.59 Å². The number of carbonyl (C=O) groups is 1. The fraction of sp³-hybridized carbons (Fsp3) is 0.360. The van der Waals surface area contributed by atoms with Crippen LogP contribution in [0.3, 0.4) is 0 Å². The molecule has 7 nitrogen and oxygen atoms in total. The van der Waals surface area contributed by atoms with Crippen LogP contribution in [0, 0.1) is 5.92 Å². The number of nitrogens with zero attached hydrogens (tertiary/aromatic N) is 1. The van der Waals surface area contributed by atoms with Crippen molar-refractivity contribution in [3.63, 3.8) is 0 Å². The van der Waals surface area contributed by atoms with E-state index in [2.05, 4.69) is 6.92 Å². The van der Waals surface area contributed by atoms with Gasteiger partial charge in [-0.15, -0.1) is 0 Å². The molecular formula is C25H27NO6. The monoisotopic (exact) mass is 437 g/mol. The van der Waals surface area contributed by atoms with Crippen LogP contribution in [0.4, 0.5) is 0 Å². The Morgan fingerprint density at radius 3 is 2.72 bits per heavy atom. The third-order valence-electron chi connectivity index (χ3n) is 5.46. The van der Waals surface area contributed by atoms with Crippen molar-refractivity contribution in [2.45, 2.75) is 26.7 Å². The van der Waals surface area contributed by atoms with Crippen LogP contribution in [0.15, 0.2) is 57.9 Å². The lowest BCUT2D eigenvalue weighted by Gasteiger charge is -2.30. The van der Waals surface area contributed by atoms with Gasteiger partial charge in [0.15, 0.2) is 18.1 Å². The van der Waals surface area contributed by atoms with E-state index in [1.807, 2.05) is 17.9 Å². The topological polar surface area (TPSA) is 78.2 Å². The van der Waals surface area contributed by atoms with Gasteiger partial charge in [-0.3, -0.25) is 9.59 Å². The second-order valence-corrected chi connectivity index (χ2v) is 7.94. The number of para-hydroxylation sites is 2. The molecule has 2 heterocycles. The summed E-state index contributed by atoms with van der Waals surface area (Å²) in [7, 11) is 0. The first kappa shape index (κ1) is 21.7. The second-order valence-electron chi connectivity index (χ2n) is 7.94. The Hall–Kier alpha value is -3.48. The number of hydrogen-bond donors (Lipinski definition) is 0. The van der Waals surface area contributed by atoms with E-state index in [1.54, 1.807) is 36.4 Å². The maximum absolute atomic E-state index is 12.9. The van der Waals surface area contributed by atoms with Crippen LogP contribution in [0.25, 0.3) is 11.0 Å². The van der Waals surface area contributed by atoms with Crippen molar-refractivity contribution in [1.82, 2.24) is 4.90 Å². The highest BCUT2D eigenvalue weighted by molar-refractivity contribution is 5.80. The normalized spacial score (nSPS) is 16.1. The van der Waals surface area contributed by atoms with Gasteiger partial charge < -0.3 is 23.5 Å². The van der Waals surface area contributed by atoms with Gasteiger partial charge in [0, 0.05) is 19.2 Å². The van der Waals surface area contributed by atoms with E-state index in [4.69, 9.17) is 18.6 Å². The molecule has 32 heavy (non-hydrogen) atoms. The minimum atomic E-state index is -0.303. The molecule has 0 radical (unpaired) electrons. The van der Waals surface area contributed by atoms with Crippen molar-refractivity contribution >= 4 is 16.9 Å². The van der Waals surface area contributed by atoms with Crippen molar-refractivity contribution in [3.05, 3.63) is 59.0 Å². The number of ether oxygens (including phenoxy) is 3. The lowest BCUT2D eigenvalue weighted by Crippen LogP contribution is -2.41. The van der Waals surface area contributed by atoms with E-state index < -0.39 is 0 Å². The van der Waals surface area contributed by atoms with Gasteiger partial charge in [0.1, 0.15) is 17.6 Å². The molecule has 0 aliphatic carbocycles. The fourth-order valence-corrected chi connectivity index (χ4v) is 3.83. The number of rotatable bonds is 7. The number of hydrogen-bond acceptors (Lipinski definition) is 6. The van der Waals surface area contributed by atoms with E-state index in [1.165, 1.54) is 6.26 Å². The highest BCUT2D eigenvalue weighted by atomic mass is 16.5. The molecule has 0 N–H and O–H groups in total. The van der Waals surface area contributed by atoms with Crippen LogP contribution in [0.1, 0.15) is 26.7 Å². The van der Waals surface area contributed by atoms with Crippen molar-refractivity contribution < 1.29 is 23.4 Å². The van der Waals surface area contributed by atoms with Gasteiger partial charge >= 0.3 is 0 Å². The van der Waals surface area contributed by atoms with Crippen LogP contribution in [0.2, 0.25) is 0 Å². The average Bonchev–Trinajstić information content (AvgIpc) is 2.80. The number of carbonyl (C=O) groups excluding carboxylic acids is 1. The Labute approximate surface area is 186 Å². The summed E-state index contributed by atoms with van der Waals surface area (Å²) < 4.78 is 22.6. The van der Waals surface area contributed by atoms with Crippen LogP contribution >= 0.6 is 0 Å². The zero-order valence-corrected chi connectivity index (χ0v) is 18.3. The molecule has 7 heteroatoms. The summed E-state index contributed by atoms with van der Waals surface area (Å²) in [5, 5.41) is 0.361. The first-order valence-electron chi connectivity index (χ1n) is 10.9. The van der Waals surface area contributed by atoms with Gasteiger partial charge in [-0.2, -0.15) is 0 Å². The summed E-state index contributed by atoms with van der Waals surface area (Å²) in [6, 6.07) is 12.0. The maximum Gasteiger partial charge on any atom is 0.260 e. The van der Waals surface area contributed by atoms with Crippen molar-refractivity contribution in [2.24, 2.45) is 5.92 Å². The molecule has 0 spiro atoms. The smallest absolute Gasteiger partial charge is 0.260 e. The number of benzene rings is 2. The molecular weight excluding hydrogens is 410 g/mol. The molecule has 1 unspecified atom stereocenters. The largest absolute Gasteiger partial charge is 0.490 e. The van der Waals surface area contributed by atoms with E-state index in [0.29, 0.717) is 40.7 Å². The van der Waals surface area contributed by atoms with Crippen molar-refractivity contribution in [3.8, 4) is 23.0 Å². The first-order chi connectivity index (χ1) is 15.5. The average molecular weight is 437 g/mol. The molecule has 1 aliphatic rings. The van der Waals surface area contributed by atoms with Gasteiger partial charge in [-0.25, -0.2) is 0 Å². The second kappa shape index (κ2) is 9.77. The van der Waals surface area contributed by atoms with Crippen molar-refractivity contribution in [2.75, 3.05) is 26.3 Å². The zero-order chi connectivity index (χ0) is 22.5. The Morgan fingerprint density at radius 2 is 1.94 bits per heavy atom. The lowest BCUT2D eigenvalue weighted by atomic mass is 10.0. The quantitative estimate of drug-likeness (QED) is 0.537. The van der Waals surface area contributed by atoms with Crippen molar-refractivity contribution in [1.29, 1.82) is 0 Å². The Kier molecular flexibility index (Phi) is 6.63. The van der Waals surface area contributed by atoms with E-state index >= 15 is 0 Å². The highest BCUT2D eigenvalue weighted by Crippen LogP contribution is 2.31. The van der Waals surface area contributed by atoms with Gasteiger partial charge in [0.05, 0.1) is 12.0 Å². The summed E-state index contributed by atoms with van der Waals surface area (Å²) in [6.45, 7) is 6.01. The van der Waals surface area contributed by atoms with Crippen LogP contribution in [-0.2, 0) is 4.79 Å². The first-order valence-corrected chi connectivity index (χ1v) is 10.9. The Morgan fingerprint density at radius 1 is 1.12 bits per heavy atom. The molecule has 1 atom stereocenters. The summed E-state index contributed by atoms with van der Waals surface area (Å²) in [5.74, 6) is 1.99. The van der Waals surface area contributed by atoms with Crippen LogP contribution in [-0.4, -0.2) is 37.1 Å². The molecule has 0 saturated carbocycles. The van der Waals surface area contributed by atoms with Gasteiger partial charge in [0.25, 0.3) is 5.91 Å². The maximum atomic E-state index is 12.9. The number of likely N-dealkylation sites (tertiary alicyclic amines) is 1. The Bertz CT molecular complexity index is 1150. The molecule has 1 amide bonds. The molecule has 168 valence electrons. The van der Waals surface area contributed by atoms with Gasteiger partial charge in [-0.05, 0) is 49.9 Å². The predicted octanol–water partition coefficient (Wildman–Crippen LogP) is 4.62. The van der Waals surface area contributed by atoms with Crippen LogP contribution < -0.4 is 19.6 Å². The third kappa shape index (κ3) is 4.88. The number of fused-ring (bicyclic) bond motifs is 1. The number of amides is 1. The van der Waals surface area contributed by atoms with Gasteiger partial charge in [0.2, 0.25) is 11.2 Å². The lowest BCUT2D eigenvalue weighted by molar-refractivity contribution is -0.135. The predicted molar refractivity (Wildman–Crippen MR) is 121 cm³/mol. The fourth-order valence-electron chi connectivity index (χ4n) is 3.83. The number of piperidine rings is 1. The zero-order valence-electron chi connectivity index (χ0n) is 18.3. The summed E-state index contributed by atoms with van der Waals surface area (Å²) in [5.41, 5.74) is 0.0551. The highest BCUT2D eigenvalue weighted by Gasteiger charge is 2.21. The molecule has 0 bridgehead atoms. The summed E-state index contributed by atoms with van der Waals surface area (Å²) in [4.78, 5) is 27.2. The van der Waals surface area contributed by atoms with Crippen LogP contribution in [0.5, 0.6) is 23.0 Å². The molecule has 3 aromatic rings. The van der Waals surface area contributed by atoms with Gasteiger partial charge in [-0.1, -0.05) is 19.1 Å². The minimum Gasteiger partial charge on any atom is -0.490 e. The molecule has 4 rings (SSSR count). The van der Waals surface area contributed by atoms with E-state index in [-0.39, 0.29) is 23.7 Å². The standard InChI is InChI=1S/C25H27NO6/c1-3-29-20-8-4-5-9-21(20)32-23-15-31-22-13-18(10-11-19(22)25(23)28)30-16-24(27)26-12-6-7-17(2)14-26/h4-5,8-11,13,15,17H,3,6-7,12,14,16H2,1-2H3. The van der Waals surface area contributed by atoms with E-state index in [0.717, 1.165) is 25.9 Å². The molecule has 1 aliphatic heterocycles. The summed E-state index contributed by atoms with van der Waals surface area (Å²) in [6.07, 6.45) is 3.45. The molecule has 1 saturated heterocycles. The SMILES string of the molecule is CCOc1ccccc1Oc1coc2cc(OCC(=O)N3CCCC(C)C3)ccc2c1=O. The summed E-state index contributed by atoms with van der Waals surface area (Å²) >= 11 is 0. The molecule has 1 aromatic heterocycles. The third-order valence-corrected chi connectivity index (χ3v) is 5.46.